The van der Waals surface area contributed by atoms with E-state index in [4.69, 9.17) is 18.9 Å². The van der Waals surface area contributed by atoms with Crippen LogP contribution in [0.2, 0.25) is 0 Å². The molecule has 0 aromatic heterocycles. The van der Waals surface area contributed by atoms with Gasteiger partial charge in [0.1, 0.15) is 26.4 Å². The van der Waals surface area contributed by atoms with Gasteiger partial charge in [-0.2, -0.15) is 0 Å². The minimum atomic E-state index is -0.495. The van der Waals surface area contributed by atoms with Gasteiger partial charge in [0.25, 0.3) is 0 Å². The molecule has 37 heavy (non-hydrogen) atoms. The van der Waals surface area contributed by atoms with Crippen molar-refractivity contribution in [2.75, 3.05) is 26.4 Å². The van der Waals surface area contributed by atoms with Gasteiger partial charge in [0, 0.05) is 23.2 Å². The van der Waals surface area contributed by atoms with Crippen molar-refractivity contribution in [2.24, 2.45) is 11.8 Å². The normalized spacial score (nSPS) is 23.2. The summed E-state index contributed by atoms with van der Waals surface area (Å²) in [5.41, 5.74) is 0.617. The molecule has 2 rings (SSSR count). The number of hydrogen-bond donors (Lipinski definition) is 2. The number of ether oxygens (including phenoxy) is 4. The summed E-state index contributed by atoms with van der Waals surface area (Å²) in [6.07, 6.45) is 8.20. The first-order chi connectivity index (χ1) is 17.6. The summed E-state index contributed by atoms with van der Waals surface area (Å²) in [6.45, 7) is 10.2. The van der Waals surface area contributed by atoms with Crippen LogP contribution in [0.1, 0.15) is 71.6 Å². The Bertz CT molecular complexity index is 745. The predicted molar refractivity (Wildman–Crippen MR) is 137 cm³/mol. The zero-order valence-electron chi connectivity index (χ0n) is 22.2. The van der Waals surface area contributed by atoms with Gasteiger partial charge in [-0.1, -0.05) is 13.2 Å². The maximum Gasteiger partial charge on any atom is 0.407 e. The first-order valence-electron chi connectivity index (χ1n) is 13.2. The summed E-state index contributed by atoms with van der Waals surface area (Å²) in [5, 5.41) is 5.81. The van der Waals surface area contributed by atoms with E-state index in [2.05, 4.69) is 23.8 Å². The third kappa shape index (κ3) is 12.2. The largest absolute Gasteiger partial charge is 0.459 e. The molecule has 2 N–H and O–H groups in total. The maximum absolute atomic E-state index is 12.0. The highest BCUT2D eigenvalue weighted by Crippen LogP contribution is 2.35. The predicted octanol–water partition coefficient (Wildman–Crippen LogP) is 4.19. The van der Waals surface area contributed by atoms with Crippen molar-refractivity contribution < 1.29 is 38.1 Å². The Balaban J connectivity index is 1.52. The molecule has 0 aromatic carbocycles. The maximum atomic E-state index is 12.0. The average molecular weight is 523 g/mol. The van der Waals surface area contributed by atoms with E-state index >= 15 is 0 Å². The Labute approximate surface area is 219 Å². The van der Waals surface area contributed by atoms with Gasteiger partial charge < -0.3 is 29.6 Å². The second-order valence-electron chi connectivity index (χ2n) is 10.1. The molecule has 0 unspecified atom stereocenters. The number of rotatable bonds is 12. The molecular weight excluding hydrogens is 480 g/mol. The van der Waals surface area contributed by atoms with Gasteiger partial charge >= 0.3 is 24.1 Å². The van der Waals surface area contributed by atoms with E-state index in [-0.39, 0.29) is 38.5 Å². The monoisotopic (exact) mass is 522 g/mol. The molecular formula is C27H42N2O8. The fourth-order valence-electron chi connectivity index (χ4n) is 4.76. The molecule has 0 aromatic rings. The highest BCUT2D eigenvalue weighted by Gasteiger charge is 2.28. The second kappa shape index (κ2) is 15.9. The highest BCUT2D eigenvalue weighted by atomic mass is 16.6. The van der Waals surface area contributed by atoms with Crippen molar-refractivity contribution in [1.82, 2.24) is 10.6 Å². The first-order valence-corrected chi connectivity index (χ1v) is 13.2. The summed E-state index contributed by atoms with van der Waals surface area (Å²) >= 11 is 0. The van der Waals surface area contributed by atoms with Gasteiger partial charge in [-0.15, -0.1) is 0 Å². The first kappa shape index (κ1) is 30.2. The summed E-state index contributed by atoms with van der Waals surface area (Å²) in [6, 6.07) is 0.217. The quantitative estimate of drug-likeness (QED) is 0.169. The van der Waals surface area contributed by atoms with Gasteiger partial charge in [0.15, 0.2) is 0 Å². The van der Waals surface area contributed by atoms with E-state index in [1.54, 1.807) is 13.8 Å². The third-order valence-corrected chi connectivity index (χ3v) is 6.80. The lowest BCUT2D eigenvalue weighted by Crippen LogP contribution is -2.39. The van der Waals surface area contributed by atoms with Crippen LogP contribution in [-0.2, 0) is 28.5 Å². The van der Waals surface area contributed by atoms with Gasteiger partial charge in [-0.25, -0.2) is 19.2 Å². The standard InChI is InChI=1S/C27H42N2O8/c1-18(2)24(30)34-13-15-36-26(32)28-22-9-5-20(6-10-22)17-21-7-11-23(12-8-21)29-27(33)37-16-14-35-25(31)19(3)4/h20-23H,1,3,5-17H2,2,4H3,(H,28,32)(H,29,33). The molecule has 0 atom stereocenters. The van der Waals surface area contributed by atoms with Crippen LogP contribution in [0.25, 0.3) is 0 Å². The van der Waals surface area contributed by atoms with Crippen molar-refractivity contribution in [3.05, 3.63) is 24.3 Å². The van der Waals surface area contributed by atoms with Crippen LogP contribution >= 0.6 is 0 Å². The smallest absolute Gasteiger partial charge is 0.407 e. The Morgan fingerprint density at radius 2 is 0.919 bits per heavy atom. The number of carbonyl (C=O) groups is 4. The second-order valence-corrected chi connectivity index (χ2v) is 10.1. The highest BCUT2D eigenvalue weighted by molar-refractivity contribution is 5.87. The molecule has 2 aliphatic rings. The summed E-state index contributed by atoms with van der Waals surface area (Å²) < 4.78 is 20.0. The van der Waals surface area contributed by atoms with Gasteiger partial charge in [0.2, 0.25) is 0 Å². The van der Waals surface area contributed by atoms with Crippen molar-refractivity contribution >= 4 is 24.1 Å². The number of carbonyl (C=O) groups excluding carboxylic acids is 4. The molecule has 2 amide bonds. The topological polar surface area (TPSA) is 129 Å². The van der Waals surface area contributed by atoms with Crippen LogP contribution in [0, 0.1) is 11.8 Å². The fraction of sp³-hybridized carbons (Fsp3) is 0.704. The van der Waals surface area contributed by atoms with Crippen LogP contribution < -0.4 is 10.6 Å². The van der Waals surface area contributed by atoms with E-state index in [0.717, 1.165) is 51.4 Å². The van der Waals surface area contributed by atoms with Crippen molar-refractivity contribution in [3.8, 4) is 0 Å². The van der Waals surface area contributed by atoms with E-state index in [1.165, 1.54) is 6.42 Å². The Kier molecular flexibility index (Phi) is 13.0. The van der Waals surface area contributed by atoms with Gasteiger partial charge in [-0.3, -0.25) is 0 Å². The Morgan fingerprint density at radius 3 is 1.24 bits per heavy atom. The third-order valence-electron chi connectivity index (χ3n) is 6.80. The number of hydrogen-bond acceptors (Lipinski definition) is 8. The van der Waals surface area contributed by atoms with Crippen molar-refractivity contribution in [1.29, 1.82) is 0 Å². The SMILES string of the molecule is C=C(C)C(=O)OCCOC(=O)NC1CCC(CC2CCC(NC(=O)OCCOC(=O)C(=C)C)CC2)CC1. The molecule has 0 saturated heterocycles. The van der Waals surface area contributed by atoms with Crippen LogP contribution in [0.3, 0.4) is 0 Å². The number of nitrogens with one attached hydrogen (secondary N) is 2. The van der Waals surface area contributed by atoms with Crippen molar-refractivity contribution in [2.45, 2.75) is 83.7 Å². The molecule has 0 heterocycles. The molecule has 0 radical (unpaired) electrons. The summed E-state index contributed by atoms with van der Waals surface area (Å²) in [4.78, 5) is 46.5. The fourth-order valence-corrected chi connectivity index (χ4v) is 4.76. The lowest BCUT2D eigenvalue weighted by atomic mass is 9.76. The molecule has 2 saturated carbocycles. The minimum absolute atomic E-state index is 0.0117. The molecule has 0 spiro atoms. The van der Waals surface area contributed by atoms with E-state index in [9.17, 15) is 19.2 Å². The van der Waals surface area contributed by atoms with E-state index in [0.29, 0.717) is 23.0 Å². The zero-order chi connectivity index (χ0) is 27.2. The van der Waals surface area contributed by atoms with Crippen LogP contribution in [0.15, 0.2) is 24.3 Å². The summed E-state index contributed by atoms with van der Waals surface area (Å²) in [5.74, 6) is 0.310. The number of amides is 2. The molecule has 2 aliphatic carbocycles. The van der Waals surface area contributed by atoms with Gasteiger partial charge in [-0.05, 0) is 83.5 Å². The molecule has 2 fully saturated rings. The number of esters is 2. The van der Waals surface area contributed by atoms with E-state index in [1.807, 2.05) is 0 Å². The minimum Gasteiger partial charge on any atom is -0.459 e. The molecule has 0 aliphatic heterocycles. The molecule has 208 valence electrons. The van der Waals surface area contributed by atoms with Crippen LogP contribution in [-0.4, -0.2) is 62.6 Å². The lowest BCUT2D eigenvalue weighted by Gasteiger charge is -2.34. The molecule has 10 heteroatoms. The lowest BCUT2D eigenvalue weighted by molar-refractivity contribution is -0.140. The zero-order valence-corrected chi connectivity index (χ0v) is 22.2. The summed E-state index contributed by atoms with van der Waals surface area (Å²) in [7, 11) is 0. The average Bonchev–Trinajstić information content (AvgIpc) is 2.86. The van der Waals surface area contributed by atoms with Crippen LogP contribution in [0.4, 0.5) is 9.59 Å². The molecule has 10 nitrogen and oxygen atoms in total. The van der Waals surface area contributed by atoms with Gasteiger partial charge in [0.05, 0.1) is 0 Å². The van der Waals surface area contributed by atoms with E-state index < -0.39 is 24.1 Å². The Morgan fingerprint density at radius 1 is 0.595 bits per heavy atom. The molecule has 0 bridgehead atoms. The Hall–Kier alpha value is -3.04. The van der Waals surface area contributed by atoms with Crippen molar-refractivity contribution in [3.63, 3.8) is 0 Å². The number of alkyl carbamates (subject to hydrolysis) is 2. The van der Waals surface area contributed by atoms with Crippen LogP contribution in [0.5, 0.6) is 0 Å².